The first-order valence-corrected chi connectivity index (χ1v) is 14.7. The first-order valence-electron chi connectivity index (χ1n) is 16.7. The van der Waals surface area contributed by atoms with Gasteiger partial charge in [-0.3, -0.25) is 0 Å². The SMILES string of the molecule is [2H]c1c([2H])c(-c2cccc3ccccc23)c([2H])c(N(c2cccc3ccccc23)c2cccc3oc4c5ccccc5ccc4c23)c1[2H]. The molecule has 1 heterocycles. The topological polar surface area (TPSA) is 16.4 Å². The van der Waals surface area contributed by atoms with Gasteiger partial charge in [0.2, 0.25) is 0 Å². The minimum atomic E-state index is -0.232. The molecular formula is C42H27NO. The van der Waals surface area contributed by atoms with Crippen LogP contribution in [0.2, 0.25) is 0 Å². The number of anilines is 3. The maximum atomic E-state index is 9.83. The molecule has 44 heavy (non-hydrogen) atoms. The van der Waals surface area contributed by atoms with E-state index in [1.807, 2.05) is 120 Å². The molecule has 0 spiro atoms. The lowest BCUT2D eigenvalue weighted by Crippen LogP contribution is -2.11. The lowest BCUT2D eigenvalue weighted by Gasteiger charge is -2.28. The minimum absolute atomic E-state index is 0.0144. The number of benzene rings is 8. The van der Waals surface area contributed by atoms with E-state index >= 15 is 0 Å². The number of hydrogen-bond acceptors (Lipinski definition) is 2. The van der Waals surface area contributed by atoms with Gasteiger partial charge in [0.25, 0.3) is 0 Å². The van der Waals surface area contributed by atoms with Gasteiger partial charge in [-0.2, -0.15) is 0 Å². The average molecular weight is 566 g/mol. The summed E-state index contributed by atoms with van der Waals surface area (Å²) < 4.78 is 44.0. The van der Waals surface area contributed by atoms with Crippen LogP contribution in [-0.2, 0) is 0 Å². The molecule has 0 atom stereocenters. The largest absolute Gasteiger partial charge is 0.455 e. The van der Waals surface area contributed by atoms with Crippen LogP contribution in [0.4, 0.5) is 17.1 Å². The maximum absolute atomic E-state index is 9.83. The summed E-state index contributed by atoms with van der Waals surface area (Å²) in [5, 5.41) is 7.64. The first-order chi connectivity index (χ1) is 23.5. The van der Waals surface area contributed by atoms with Crippen molar-refractivity contribution in [3.05, 3.63) is 164 Å². The minimum Gasteiger partial charge on any atom is -0.455 e. The van der Waals surface area contributed by atoms with E-state index in [0.29, 0.717) is 16.7 Å². The molecule has 0 unspecified atom stereocenters. The Hall–Kier alpha value is -5.86. The van der Waals surface area contributed by atoms with Crippen molar-refractivity contribution < 1.29 is 9.90 Å². The highest BCUT2D eigenvalue weighted by Crippen LogP contribution is 2.46. The average Bonchev–Trinajstić information content (AvgIpc) is 3.52. The van der Waals surface area contributed by atoms with Gasteiger partial charge in [0.15, 0.2) is 0 Å². The molecule has 2 heteroatoms. The Morgan fingerprint density at radius 3 is 1.98 bits per heavy atom. The van der Waals surface area contributed by atoms with Crippen molar-refractivity contribution in [1.82, 2.24) is 0 Å². The molecule has 9 aromatic rings. The van der Waals surface area contributed by atoms with Gasteiger partial charge in [-0.15, -0.1) is 0 Å². The number of fused-ring (bicyclic) bond motifs is 7. The maximum Gasteiger partial charge on any atom is 0.143 e. The van der Waals surface area contributed by atoms with E-state index in [1.54, 1.807) is 0 Å². The molecule has 1 aromatic heterocycles. The second-order valence-electron chi connectivity index (χ2n) is 11.0. The normalized spacial score (nSPS) is 12.9. The summed E-state index contributed by atoms with van der Waals surface area (Å²) in [5.41, 5.74) is 4.18. The number of nitrogens with zero attached hydrogens (tertiary/aromatic N) is 1. The van der Waals surface area contributed by atoms with Crippen LogP contribution in [0.3, 0.4) is 0 Å². The van der Waals surface area contributed by atoms with Gasteiger partial charge in [0.1, 0.15) is 11.2 Å². The second-order valence-corrected chi connectivity index (χ2v) is 11.0. The summed E-state index contributed by atoms with van der Waals surface area (Å²) in [5.74, 6) is 0. The van der Waals surface area contributed by atoms with E-state index < -0.39 is 0 Å². The van der Waals surface area contributed by atoms with E-state index in [2.05, 4.69) is 24.3 Å². The van der Waals surface area contributed by atoms with Crippen LogP contribution in [-0.4, -0.2) is 0 Å². The fourth-order valence-electron chi connectivity index (χ4n) is 6.52. The molecular weight excluding hydrogens is 534 g/mol. The van der Waals surface area contributed by atoms with Crippen LogP contribution < -0.4 is 4.90 Å². The Balaban J connectivity index is 1.43. The third-order valence-corrected chi connectivity index (χ3v) is 8.51. The Kier molecular flexibility index (Phi) is 4.69. The standard InChI is InChI=1S/C42H27NO/c1-4-18-33-28(11-1)14-8-21-34(33)31-16-7-17-32(27-31)43(38-22-9-15-29-12-2-5-19-35(29)38)39-23-10-24-40-41(39)37-26-25-30-13-3-6-20-36(30)42(37)44-40/h1-27H/i7D,16D,17D,27D. The van der Waals surface area contributed by atoms with Gasteiger partial charge in [-0.05, 0) is 69.0 Å². The fourth-order valence-corrected chi connectivity index (χ4v) is 6.52. The van der Waals surface area contributed by atoms with E-state index in [4.69, 9.17) is 7.16 Å². The zero-order valence-corrected chi connectivity index (χ0v) is 23.6. The fraction of sp³-hybridized carbons (Fsp3) is 0. The zero-order valence-electron chi connectivity index (χ0n) is 27.6. The van der Waals surface area contributed by atoms with Crippen LogP contribution in [0.15, 0.2) is 168 Å². The lowest BCUT2D eigenvalue weighted by molar-refractivity contribution is 0.672. The molecule has 0 bridgehead atoms. The van der Waals surface area contributed by atoms with Crippen molar-refractivity contribution in [2.75, 3.05) is 4.90 Å². The van der Waals surface area contributed by atoms with Gasteiger partial charge in [0, 0.05) is 21.8 Å². The summed E-state index contributed by atoms with van der Waals surface area (Å²) in [6, 6.07) is 45.4. The van der Waals surface area contributed by atoms with Crippen LogP contribution >= 0.6 is 0 Å². The van der Waals surface area contributed by atoms with Crippen molar-refractivity contribution in [1.29, 1.82) is 0 Å². The first kappa shape index (κ1) is 20.9. The van der Waals surface area contributed by atoms with Gasteiger partial charge < -0.3 is 9.32 Å². The quantitative estimate of drug-likeness (QED) is 0.211. The highest BCUT2D eigenvalue weighted by molar-refractivity contribution is 6.20. The molecule has 9 rings (SSSR count). The van der Waals surface area contributed by atoms with Gasteiger partial charge in [0.05, 0.1) is 22.2 Å². The molecule has 0 N–H and O–H groups in total. The number of furan rings is 1. The summed E-state index contributed by atoms with van der Waals surface area (Å²) >= 11 is 0. The highest BCUT2D eigenvalue weighted by atomic mass is 16.3. The summed E-state index contributed by atoms with van der Waals surface area (Å²) in [6.07, 6.45) is 0. The van der Waals surface area contributed by atoms with Crippen LogP contribution in [0, 0.1) is 0 Å². The smallest absolute Gasteiger partial charge is 0.143 e. The van der Waals surface area contributed by atoms with Crippen LogP contribution in [0.5, 0.6) is 0 Å². The molecule has 206 valence electrons. The Bertz CT molecular complexity index is 2740. The molecule has 0 saturated carbocycles. The van der Waals surface area contributed by atoms with E-state index in [-0.39, 0.29) is 29.9 Å². The number of rotatable bonds is 4. The van der Waals surface area contributed by atoms with Crippen molar-refractivity contribution >= 4 is 71.3 Å². The number of hydrogen-bond donors (Lipinski definition) is 0. The van der Waals surface area contributed by atoms with Gasteiger partial charge in [-0.25, -0.2) is 0 Å². The van der Waals surface area contributed by atoms with Crippen LogP contribution in [0.1, 0.15) is 5.48 Å². The Morgan fingerprint density at radius 2 is 1.14 bits per heavy atom. The molecule has 0 saturated heterocycles. The van der Waals surface area contributed by atoms with E-state index in [1.165, 1.54) is 0 Å². The predicted octanol–water partition coefficient (Wildman–Crippen LogP) is 12.2. The molecule has 0 aliphatic rings. The van der Waals surface area contributed by atoms with Gasteiger partial charge in [-0.1, -0.05) is 127 Å². The van der Waals surface area contributed by atoms with Crippen molar-refractivity contribution in [2.45, 2.75) is 0 Å². The van der Waals surface area contributed by atoms with Crippen molar-refractivity contribution in [2.24, 2.45) is 0 Å². The van der Waals surface area contributed by atoms with E-state index in [9.17, 15) is 2.74 Å². The lowest BCUT2D eigenvalue weighted by atomic mass is 9.97. The van der Waals surface area contributed by atoms with Crippen molar-refractivity contribution in [3.63, 3.8) is 0 Å². The summed E-state index contributed by atoms with van der Waals surface area (Å²) in [7, 11) is 0. The monoisotopic (exact) mass is 565 g/mol. The van der Waals surface area contributed by atoms with E-state index in [0.717, 1.165) is 60.0 Å². The summed E-state index contributed by atoms with van der Waals surface area (Å²) in [4.78, 5) is 1.94. The molecule has 0 aliphatic heterocycles. The molecule has 0 fully saturated rings. The molecule has 0 radical (unpaired) electrons. The highest BCUT2D eigenvalue weighted by Gasteiger charge is 2.22. The molecule has 0 aliphatic carbocycles. The molecule has 2 nitrogen and oxygen atoms in total. The van der Waals surface area contributed by atoms with Gasteiger partial charge >= 0.3 is 0 Å². The Morgan fingerprint density at radius 1 is 0.500 bits per heavy atom. The molecule has 8 aromatic carbocycles. The summed E-state index contributed by atoms with van der Waals surface area (Å²) in [6.45, 7) is 0. The Labute approximate surface area is 260 Å². The van der Waals surface area contributed by atoms with Crippen LogP contribution in [0.25, 0.3) is 65.4 Å². The third-order valence-electron chi connectivity index (χ3n) is 8.51. The second kappa shape index (κ2) is 9.86. The molecule has 0 amide bonds. The predicted molar refractivity (Wildman–Crippen MR) is 186 cm³/mol. The van der Waals surface area contributed by atoms with Crippen molar-refractivity contribution in [3.8, 4) is 11.1 Å². The third kappa shape index (κ3) is 3.82. The zero-order chi connectivity index (χ0) is 32.5.